The quantitative estimate of drug-likeness (QED) is 0.553. The van der Waals surface area contributed by atoms with Gasteiger partial charge >= 0.3 is 6.18 Å². The highest BCUT2D eigenvalue weighted by Gasteiger charge is 2.36. The first-order chi connectivity index (χ1) is 5.84. The summed E-state index contributed by atoms with van der Waals surface area (Å²) in [5.41, 5.74) is 3.36. The normalized spacial score (nSPS) is 11.7. The maximum absolute atomic E-state index is 12.3. The third kappa shape index (κ3) is 1.88. The van der Waals surface area contributed by atoms with Crippen LogP contribution < -0.4 is 5.73 Å². The predicted molar refractivity (Wildman–Crippen MR) is 45.2 cm³/mol. The van der Waals surface area contributed by atoms with E-state index in [9.17, 15) is 13.2 Å². The van der Waals surface area contributed by atoms with Crippen LogP contribution >= 0.6 is 15.9 Å². The first kappa shape index (κ1) is 10.2. The molecule has 2 nitrogen and oxygen atoms in total. The average Bonchev–Trinajstić information content (AvgIpc) is 1.95. The second-order valence-electron chi connectivity index (χ2n) is 2.35. The summed E-state index contributed by atoms with van der Waals surface area (Å²) in [5, 5.41) is 8.94. The smallest absolute Gasteiger partial charge is 0.419 e. The van der Waals surface area contributed by atoms with Gasteiger partial charge in [-0.25, -0.2) is 0 Å². The number of anilines is 1. The van der Waals surface area contributed by atoms with Crippen LogP contribution in [0.3, 0.4) is 0 Å². The summed E-state index contributed by atoms with van der Waals surface area (Å²) in [7, 11) is 0. The Bertz CT molecular complexity index is 337. The van der Waals surface area contributed by atoms with E-state index >= 15 is 0 Å². The molecule has 0 aromatic heterocycles. The Morgan fingerprint density at radius 2 is 1.85 bits per heavy atom. The second-order valence-corrected chi connectivity index (χ2v) is 3.21. The molecule has 0 heterocycles. The van der Waals surface area contributed by atoms with Gasteiger partial charge in [0.25, 0.3) is 0 Å². The molecule has 1 aromatic rings. The van der Waals surface area contributed by atoms with Gasteiger partial charge in [0.15, 0.2) is 0 Å². The Balaban J connectivity index is 3.43. The number of alkyl halides is 3. The number of phenolic OH excluding ortho intramolecular Hbond substituents is 1. The Labute approximate surface area is 80.3 Å². The maximum atomic E-state index is 12.3. The fourth-order valence-electron chi connectivity index (χ4n) is 0.870. The van der Waals surface area contributed by atoms with Crippen molar-refractivity contribution in [3.8, 4) is 5.75 Å². The van der Waals surface area contributed by atoms with Crippen molar-refractivity contribution in [1.29, 1.82) is 0 Å². The van der Waals surface area contributed by atoms with Crippen molar-refractivity contribution in [3.63, 3.8) is 0 Å². The van der Waals surface area contributed by atoms with Crippen LogP contribution in [0.15, 0.2) is 16.6 Å². The lowest BCUT2D eigenvalue weighted by atomic mass is 10.1. The molecule has 0 saturated heterocycles. The molecule has 72 valence electrons. The molecule has 0 aliphatic rings. The van der Waals surface area contributed by atoms with Crippen LogP contribution in [0, 0.1) is 0 Å². The Kier molecular flexibility index (Phi) is 2.42. The lowest BCUT2D eigenvalue weighted by Crippen LogP contribution is -2.09. The average molecular weight is 256 g/mol. The molecule has 0 radical (unpaired) electrons. The predicted octanol–water partition coefficient (Wildman–Crippen LogP) is 2.76. The van der Waals surface area contributed by atoms with Crippen molar-refractivity contribution in [2.45, 2.75) is 6.18 Å². The fourth-order valence-corrected chi connectivity index (χ4v) is 1.44. The van der Waals surface area contributed by atoms with Crippen LogP contribution in [0.5, 0.6) is 5.75 Å². The van der Waals surface area contributed by atoms with E-state index in [1.54, 1.807) is 0 Å². The van der Waals surface area contributed by atoms with Gasteiger partial charge in [-0.2, -0.15) is 13.2 Å². The number of nitrogen functional groups attached to an aromatic ring is 1. The molecule has 0 amide bonds. The van der Waals surface area contributed by atoms with Crippen LogP contribution in [0.2, 0.25) is 0 Å². The molecule has 13 heavy (non-hydrogen) atoms. The summed E-state index contributed by atoms with van der Waals surface area (Å²) in [6.45, 7) is 0. The second kappa shape index (κ2) is 3.10. The summed E-state index contributed by atoms with van der Waals surface area (Å²) in [5.74, 6) is -0.574. The first-order valence-electron chi connectivity index (χ1n) is 3.18. The van der Waals surface area contributed by atoms with Crippen molar-refractivity contribution in [1.82, 2.24) is 0 Å². The number of benzene rings is 1. The third-order valence-electron chi connectivity index (χ3n) is 1.46. The van der Waals surface area contributed by atoms with Gasteiger partial charge in [-0.15, -0.1) is 0 Å². The molecule has 0 spiro atoms. The third-order valence-corrected chi connectivity index (χ3v) is 2.12. The van der Waals surface area contributed by atoms with Crippen molar-refractivity contribution in [2.24, 2.45) is 0 Å². The van der Waals surface area contributed by atoms with Crippen molar-refractivity contribution in [2.75, 3.05) is 5.73 Å². The number of aromatic hydroxyl groups is 1. The van der Waals surface area contributed by atoms with Crippen molar-refractivity contribution in [3.05, 3.63) is 22.2 Å². The van der Waals surface area contributed by atoms with Crippen molar-refractivity contribution < 1.29 is 18.3 Å². The van der Waals surface area contributed by atoms with Crippen LogP contribution in [0.25, 0.3) is 0 Å². The topological polar surface area (TPSA) is 46.2 Å². The summed E-state index contributed by atoms with van der Waals surface area (Å²) in [6, 6.07) is 2.18. The molecule has 0 atom stereocenters. The zero-order chi connectivity index (χ0) is 10.2. The fraction of sp³-hybridized carbons (Fsp3) is 0.143. The van der Waals surface area contributed by atoms with Crippen LogP contribution in [0.4, 0.5) is 18.9 Å². The zero-order valence-corrected chi connectivity index (χ0v) is 7.78. The Hall–Kier alpha value is -0.910. The molecule has 0 bridgehead atoms. The SMILES string of the molecule is Nc1c(O)ccc(Br)c1C(F)(F)F. The minimum Gasteiger partial charge on any atom is -0.506 e. The molecule has 0 aliphatic carbocycles. The number of halogens is 4. The van der Waals surface area contributed by atoms with Gasteiger partial charge in [0.1, 0.15) is 5.75 Å². The number of phenols is 1. The van der Waals surface area contributed by atoms with Gasteiger partial charge < -0.3 is 10.8 Å². The summed E-state index contributed by atoms with van der Waals surface area (Å²) in [6.07, 6.45) is -4.57. The lowest BCUT2D eigenvalue weighted by Gasteiger charge is -2.12. The molecule has 0 fully saturated rings. The van der Waals surface area contributed by atoms with E-state index in [-0.39, 0.29) is 4.47 Å². The summed E-state index contributed by atoms with van der Waals surface area (Å²) >= 11 is 2.71. The molecular formula is C7H5BrF3NO. The van der Waals surface area contributed by atoms with Crippen molar-refractivity contribution >= 4 is 21.6 Å². The molecular weight excluding hydrogens is 251 g/mol. The monoisotopic (exact) mass is 255 g/mol. The van der Waals surface area contributed by atoms with Crippen LogP contribution in [0.1, 0.15) is 5.56 Å². The number of hydrogen-bond acceptors (Lipinski definition) is 2. The van der Waals surface area contributed by atoms with Crippen LogP contribution in [-0.4, -0.2) is 5.11 Å². The highest BCUT2D eigenvalue weighted by Crippen LogP contribution is 2.42. The maximum Gasteiger partial charge on any atom is 0.419 e. The van der Waals surface area contributed by atoms with E-state index in [0.29, 0.717) is 0 Å². The molecule has 0 saturated carbocycles. The molecule has 6 heteroatoms. The molecule has 1 rings (SSSR count). The van der Waals surface area contributed by atoms with Gasteiger partial charge in [-0.05, 0) is 12.1 Å². The summed E-state index contributed by atoms with van der Waals surface area (Å²) < 4.78 is 36.6. The Morgan fingerprint density at radius 1 is 1.31 bits per heavy atom. The first-order valence-corrected chi connectivity index (χ1v) is 3.97. The largest absolute Gasteiger partial charge is 0.506 e. The van der Waals surface area contributed by atoms with E-state index in [2.05, 4.69) is 15.9 Å². The minimum absolute atomic E-state index is 0.185. The van der Waals surface area contributed by atoms with E-state index in [1.807, 2.05) is 0 Å². The lowest BCUT2D eigenvalue weighted by molar-refractivity contribution is -0.137. The van der Waals surface area contributed by atoms with Gasteiger partial charge in [-0.3, -0.25) is 0 Å². The van der Waals surface area contributed by atoms with E-state index in [1.165, 1.54) is 0 Å². The molecule has 3 N–H and O–H groups in total. The molecule has 0 unspecified atom stereocenters. The standard InChI is InChI=1S/C7H5BrF3NO/c8-3-1-2-4(13)6(12)5(3)7(9,10)11/h1-2,13H,12H2. The molecule has 0 aliphatic heterocycles. The highest BCUT2D eigenvalue weighted by molar-refractivity contribution is 9.10. The number of nitrogens with two attached hydrogens (primary N) is 1. The zero-order valence-electron chi connectivity index (χ0n) is 6.19. The van der Waals surface area contributed by atoms with Gasteiger partial charge in [0.2, 0.25) is 0 Å². The Morgan fingerprint density at radius 3 is 2.23 bits per heavy atom. The van der Waals surface area contributed by atoms with E-state index < -0.39 is 23.2 Å². The minimum atomic E-state index is -4.57. The van der Waals surface area contributed by atoms with Crippen LogP contribution in [-0.2, 0) is 6.18 Å². The van der Waals surface area contributed by atoms with Gasteiger partial charge in [0, 0.05) is 4.47 Å². The van der Waals surface area contributed by atoms with Gasteiger partial charge in [0.05, 0.1) is 11.3 Å². The molecule has 1 aromatic carbocycles. The number of hydrogen-bond donors (Lipinski definition) is 2. The summed E-state index contributed by atoms with van der Waals surface area (Å²) in [4.78, 5) is 0. The van der Waals surface area contributed by atoms with E-state index in [0.717, 1.165) is 12.1 Å². The highest BCUT2D eigenvalue weighted by atomic mass is 79.9. The van der Waals surface area contributed by atoms with E-state index in [4.69, 9.17) is 10.8 Å². The van der Waals surface area contributed by atoms with Gasteiger partial charge in [-0.1, -0.05) is 15.9 Å². The number of rotatable bonds is 0.